The first-order valence-corrected chi connectivity index (χ1v) is 5.45. The molecule has 1 fully saturated rings. The number of halogens is 1. The molecule has 6 heteroatoms. The van der Waals surface area contributed by atoms with Gasteiger partial charge in [0.2, 0.25) is 0 Å². The van der Waals surface area contributed by atoms with Crippen LogP contribution in [0.2, 0.25) is 5.02 Å². The summed E-state index contributed by atoms with van der Waals surface area (Å²) >= 11 is 5.70. The van der Waals surface area contributed by atoms with Crippen LogP contribution in [-0.2, 0) is 4.74 Å². The van der Waals surface area contributed by atoms with E-state index in [-0.39, 0.29) is 18.6 Å². The maximum absolute atomic E-state index is 11.7. The molecule has 1 aliphatic heterocycles. The second kappa shape index (κ2) is 4.86. The van der Waals surface area contributed by atoms with Crippen molar-refractivity contribution in [1.29, 1.82) is 0 Å². The molecule has 2 atom stereocenters. The van der Waals surface area contributed by atoms with Crippen molar-refractivity contribution < 1.29 is 14.6 Å². The molecule has 1 aliphatic rings. The Balaban J connectivity index is 1.96. The lowest BCUT2D eigenvalue weighted by atomic mass is 10.1. The van der Waals surface area contributed by atoms with E-state index in [9.17, 15) is 9.90 Å². The maximum Gasteiger partial charge on any atom is 0.268 e. The normalized spacial score (nSPS) is 25.4. The molecule has 0 aromatic carbocycles. The highest BCUT2D eigenvalue weighted by Crippen LogP contribution is 2.11. The van der Waals surface area contributed by atoms with Crippen molar-refractivity contribution in [3.8, 4) is 0 Å². The third-order valence-electron chi connectivity index (χ3n) is 2.54. The van der Waals surface area contributed by atoms with Gasteiger partial charge in [0, 0.05) is 12.8 Å². The summed E-state index contributed by atoms with van der Waals surface area (Å²) in [7, 11) is 0. The van der Waals surface area contributed by atoms with Crippen LogP contribution in [0.25, 0.3) is 0 Å². The number of H-pyrrole nitrogens is 1. The maximum atomic E-state index is 11.7. The fourth-order valence-electron chi connectivity index (χ4n) is 1.64. The Morgan fingerprint density at radius 2 is 2.50 bits per heavy atom. The Bertz CT molecular complexity index is 380. The number of hydrogen-bond acceptors (Lipinski definition) is 3. The molecule has 0 unspecified atom stereocenters. The molecule has 5 nitrogen and oxygen atoms in total. The lowest BCUT2D eigenvalue weighted by molar-refractivity contribution is -0.0261. The van der Waals surface area contributed by atoms with Crippen LogP contribution >= 0.6 is 11.6 Å². The van der Waals surface area contributed by atoms with Gasteiger partial charge >= 0.3 is 0 Å². The van der Waals surface area contributed by atoms with Gasteiger partial charge in [-0.3, -0.25) is 4.79 Å². The first kappa shape index (κ1) is 11.4. The van der Waals surface area contributed by atoms with Crippen molar-refractivity contribution in [2.24, 2.45) is 0 Å². The Hall–Kier alpha value is -1.04. The van der Waals surface area contributed by atoms with Crippen LogP contribution in [0.1, 0.15) is 16.9 Å². The topological polar surface area (TPSA) is 74.3 Å². The Morgan fingerprint density at radius 1 is 1.69 bits per heavy atom. The summed E-state index contributed by atoms with van der Waals surface area (Å²) < 4.78 is 5.07. The zero-order chi connectivity index (χ0) is 11.5. The minimum absolute atomic E-state index is 0.260. The first-order valence-electron chi connectivity index (χ1n) is 5.07. The third-order valence-corrected chi connectivity index (χ3v) is 2.75. The number of nitrogens with one attached hydrogen (secondary N) is 2. The van der Waals surface area contributed by atoms with Crippen molar-refractivity contribution in [3.63, 3.8) is 0 Å². The van der Waals surface area contributed by atoms with E-state index < -0.39 is 6.10 Å². The number of aromatic amines is 1. The van der Waals surface area contributed by atoms with Crippen molar-refractivity contribution >= 4 is 17.5 Å². The van der Waals surface area contributed by atoms with Gasteiger partial charge < -0.3 is 20.1 Å². The van der Waals surface area contributed by atoms with E-state index in [0.717, 1.165) is 0 Å². The standard InChI is InChI=1S/C10H13ClN2O3/c11-6-3-8(12-4-6)10(15)13-7-1-2-16-5-9(7)14/h3-4,7,9,12,14H,1-2,5H2,(H,13,15)/t7-,9-/m1/s1. The van der Waals surface area contributed by atoms with Crippen LogP contribution in [0.4, 0.5) is 0 Å². The molecule has 2 rings (SSSR count). The minimum Gasteiger partial charge on any atom is -0.389 e. The van der Waals surface area contributed by atoms with Crippen LogP contribution in [0.5, 0.6) is 0 Å². The van der Waals surface area contributed by atoms with E-state index in [1.165, 1.54) is 6.20 Å². The Kier molecular flexibility index (Phi) is 3.48. The zero-order valence-electron chi connectivity index (χ0n) is 8.57. The van der Waals surface area contributed by atoms with Crippen molar-refractivity contribution in [3.05, 3.63) is 23.0 Å². The molecule has 3 N–H and O–H groups in total. The number of rotatable bonds is 2. The fourth-order valence-corrected chi connectivity index (χ4v) is 1.80. The molecule has 1 aromatic rings. The summed E-state index contributed by atoms with van der Waals surface area (Å²) in [6, 6.07) is 1.28. The van der Waals surface area contributed by atoms with Gasteiger partial charge in [-0.1, -0.05) is 11.6 Å². The molecule has 0 saturated carbocycles. The molecule has 1 saturated heterocycles. The lowest BCUT2D eigenvalue weighted by Crippen LogP contribution is -2.48. The van der Waals surface area contributed by atoms with Gasteiger partial charge in [0.1, 0.15) is 5.69 Å². The van der Waals surface area contributed by atoms with Crippen molar-refractivity contribution in [2.45, 2.75) is 18.6 Å². The van der Waals surface area contributed by atoms with E-state index >= 15 is 0 Å². The molecule has 1 amide bonds. The molecule has 88 valence electrons. The van der Waals surface area contributed by atoms with Gasteiger partial charge in [0.25, 0.3) is 5.91 Å². The first-order chi connectivity index (χ1) is 7.66. The smallest absolute Gasteiger partial charge is 0.268 e. The molecule has 0 bridgehead atoms. The number of ether oxygens (including phenoxy) is 1. The minimum atomic E-state index is -0.650. The second-order valence-electron chi connectivity index (χ2n) is 3.74. The molecule has 0 aliphatic carbocycles. The molecular weight excluding hydrogens is 232 g/mol. The largest absolute Gasteiger partial charge is 0.389 e. The van der Waals surface area contributed by atoms with Gasteiger partial charge in [-0.25, -0.2) is 0 Å². The van der Waals surface area contributed by atoms with E-state index in [1.807, 2.05) is 0 Å². The van der Waals surface area contributed by atoms with Gasteiger partial charge in [-0.2, -0.15) is 0 Å². The number of carbonyl (C=O) groups is 1. The summed E-state index contributed by atoms with van der Waals surface area (Å²) in [6.45, 7) is 0.809. The average molecular weight is 245 g/mol. The predicted octanol–water partition coefficient (Wildman–Crippen LogP) is 0.548. The number of aliphatic hydroxyl groups excluding tert-OH is 1. The zero-order valence-corrected chi connectivity index (χ0v) is 9.33. The Morgan fingerprint density at radius 3 is 3.12 bits per heavy atom. The molecular formula is C10H13ClN2O3. The second-order valence-corrected chi connectivity index (χ2v) is 4.18. The van der Waals surface area contributed by atoms with Crippen LogP contribution in [0.3, 0.4) is 0 Å². The number of aromatic nitrogens is 1. The summed E-state index contributed by atoms with van der Waals surface area (Å²) in [5.41, 5.74) is 0.392. The van der Waals surface area contributed by atoms with Gasteiger partial charge in [0.15, 0.2) is 0 Å². The summed E-state index contributed by atoms with van der Waals surface area (Å²) in [5.74, 6) is -0.266. The summed E-state index contributed by atoms with van der Waals surface area (Å²) in [4.78, 5) is 14.5. The van der Waals surface area contributed by atoms with Crippen LogP contribution < -0.4 is 5.32 Å². The van der Waals surface area contributed by atoms with E-state index in [1.54, 1.807) is 6.07 Å². The molecule has 0 spiro atoms. The van der Waals surface area contributed by atoms with E-state index in [4.69, 9.17) is 16.3 Å². The summed E-state index contributed by atoms with van der Waals surface area (Å²) in [6.07, 6.45) is 1.50. The fraction of sp³-hybridized carbons (Fsp3) is 0.500. The van der Waals surface area contributed by atoms with Crippen molar-refractivity contribution in [2.75, 3.05) is 13.2 Å². The Labute approximate surface area is 97.7 Å². The monoisotopic (exact) mass is 244 g/mol. The molecule has 2 heterocycles. The lowest BCUT2D eigenvalue weighted by Gasteiger charge is -2.28. The SMILES string of the molecule is O=C(N[C@@H]1CCOC[C@H]1O)c1cc(Cl)c[nH]1. The predicted molar refractivity (Wildman–Crippen MR) is 58.5 cm³/mol. The third kappa shape index (κ3) is 2.55. The average Bonchev–Trinajstić information content (AvgIpc) is 2.68. The van der Waals surface area contributed by atoms with Crippen LogP contribution in [0.15, 0.2) is 12.3 Å². The van der Waals surface area contributed by atoms with Gasteiger partial charge in [-0.15, -0.1) is 0 Å². The highest BCUT2D eigenvalue weighted by atomic mass is 35.5. The summed E-state index contributed by atoms with van der Waals surface area (Å²) in [5, 5.41) is 12.8. The van der Waals surface area contributed by atoms with Crippen LogP contribution in [0, 0.1) is 0 Å². The van der Waals surface area contributed by atoms with Gasteiger partial charge in [0.05, 0.1) is 23.8 Å². The number of hydrogen-bond donors (Lipinski definition) is 3. The highest BCUT2D eigenvalue weighted by molar-refractivity contribution is 6.30. The molecule has 0 radical (unpaired) electrons. The number of aliphatic hydroxyl groups is 1. The van der Waals surface area contributed by atoms with Crippen molar-refractivity contribution in [1.82, 2.24) is 10.3 Å². The quantitative estimate of drug-likeness (QED) is 0.711. The highest BCUT2D eigenvalue weighted by Gasteiger charge is 2.25. The molecule has 1 aromatic heterocycles. The molecule has 16 heavy (non-hydrogen) atoms. The van der Waals surface area contributed by atoms with Gasteiger partial charge in [-0.05, 0) is 12.5 Å². The van der Waals surface area contributed by atoms with E-state index in [0.29, 0.717) is 23.7 Å². The number of carbonyl (C=O) groups excluding carboxylic acids is 1. The van der Waals surface area contributed by atoms with Crippen LogP contribution in [-0.4, -0.2) is 41.4 Å². The number of amides is 1. The van der Waals surface area contributed by atoms with E-state index in [2.05, 4.69) is 10.3 Å².